The summed E-state index contributed by atoms with van der Waals surface area (Å²) in [4.78, 5) is 12.3. The number of halogens is 2. The average molecular weight is 368 g/mol. The van der Waals surface area contributed by atoms with Gasteiger partial charge in [0.05, 0.1) is 19.9 Å². The van der Waals surface area contributed by atoms with E-state index >= 15 is 0 Å². The van der Waals surface area contributed by atoms with Crippen LogP contribution in [0, 0.1) is 12.7 Å². The van der Waals surface area contributed by atoms with Crippen LogP contribution < -0.4 is 14.8 Å². The molecule has 4 nitrogen and oxygen atoms in total. The van der Waals surface area contributed by atoms with E-state index < -0.39 is 11.7 Å². The lowest BCUT2D eigenvalue weighted by Gasteiger charge is -2.12. The van der Waals surface area contributed by atoms with E-state index in [9.17, 15) is 9.18 Å². The monoisotopic (exact) mass is 367 g/mol. The molecule has 0 aliphatic carbocycles. The highest BCUT2D eigenvalue weighted by atomic mass is 79.9. The van der Waals surface area contributed by atoms with Gasteiger partial charge < -0.3 is 14.8 Å². The molecule has 6 heteroatoms. The molecule has 0 aliphatic rings. The fourth-order valence-electron chi connectivity index (χ4n) is 1.92. The van der Waals surface area contributed by atoms with Crippen LogP contribution in [-0.4, -0.2) is 20.1 Å². The molecule has 0 unspecified atom stereocenters. The first kappa shape index (κ1) is 16.3. The van der Waals surface area contributed by atoms with Gasteiger partial charge in [0.2, 0.25) is 0 Å². The third-order valence-electron chi connectivity index (χ3n) is 3.08. The number of anilines is 1. The molecule has 0 spiro atoms. The van der Waals surface area contributed by atoms with E-state index in [1.54, 1.807) is 25.1 Å². The van der Waals surface area contributed by atoms with Crippen LogP contribution in [0.25, 0.3) is 0 Å². The van der Waals surface area contributed by atoms with Crippen LogP contribution in [0.4, 0.5) is 10.1 Å². The van der Waals surface area contributed by atoms with Gasteiger partial charge >= 0.3 is 0 Å². The Morgan fingerprint density at radius 1 is 1.14 bits per heavy atom. The van der Waals surface area contributed by atoms with Gasteiger partial charge in [0.25, 0.3) is 5.91 Å². The number of hydrogen-bond acceptors (Lipinski definition) is 3. The zero-order valence-corrected chi connectivity index (χ0v) is 14.0. The zero-order valence-electron chi connectivity index (χ0n) is 12.4. The SMILES string of the molecule is COc1cc(C(=O)Nc2ccc(C)cc2F)cc(OC)c1Br. The molecule has 0 atom stereocenters. The number of aryl methyl sites for hydroxylation is 1. The van der Waals surface area contributed by atoms with Crippen molar-refractivity contribution >= 4 is 27.5 Å². The van der Waals surface area contributed by atoms with E-state index in [-0.39, 0.29) is 5.69 Å². The van der Waals surface area contributed by atoms with Crippen molar-refractivity contribution in [3.05, 3.63) is 51.7 Å². The highest BCUT2D eigenvalue weighted by Crippen LogP contribution is 2.35. The largest absolute Gasteiger partial charge is 0.495 e. The molecule has 2 aromatic carbocycles. The fraction of sp³-hybridized carbons (Fsp3) is 0.188. The third kappa shape index (κ3) is 3.39. The number of methoxy groups -OCH3 is 2. The maximum Gasteiger partial charge on any atom is 0.256 e. The number of carbonyl (C=O) groups is 1. The molecule has 2 aromatic rings. The van der Waals surface area contributed by atoms with Gasteiger partial charge in [0, 0.05) is 5.56 Å². The number of nitrogens with one attached hydrogen (secondary N) is 1. The summed E-state index contributed by atoms with van der Waals surface area (Å²) in [5, 5.41) is 2.54. The Labute approximate surface area is 136 Å². The zero-order chi connectivity index (χ0) is 16.3. The first-order valence-corrected chi connectivity index (χ1v) is 7.24. The van der Waals surface area contributed by atoms with E-state index in [0.29, 0.717) is 21.5 Å². The highest BCUT2D eigenvalue weighted by molar-refractivity contribution is 9.10. The Balaban J connectivity index is 2.33. The molecule has 116 valence electrons. The quantitative estimate of drug-likeness (QED) is 0.882. The molecular formula is C16H15BrFNO3. The molecule has 0 saturated carbocycles. The summed E-state index contributed by atoms with van der Waals surface area (Å²) in [6.45, 7) is 1.78. The van der Waals surface area contributed by atoms with Gasteiger partial charge in [0.15, 0.2) is 0 Å². The number of benzene rings is 2. The summed E-state index contributed by atoms with van der Waals surface area (Å²) in [7, 11) is 2.97. The van der Waals surface area contributed by atoms with E-state index in [4.69, 9.17) is 9.47 Å². The Morgan fingerprint density at radius 3 is 2.23 bits per heavy atom. The second kappa shape index (κ2) is 6.79. The first-order chi connectivity index (χ1) is 10.5. The van der Waals surface area contributed by atoms with Crippen LogP contribution in [0.1, 0.15) is 15.9 Å². The summed E-state index contributed by atoms with van der Waals surface area (Å²) in [5.41, 5.74) is 1.20. The molecule has 22 heavy (non-hydrogen) atoms. The van der Waals surface area contributed by atoms with Crippen LogP contribution >= 0.6 is 15.9 Å². The number of rotatable bonds is 4. The number of ether oxygens (including phenoxy) is 2. The second-order valence-corrected chi connectivity index (χ2v) is 5.43. The standard InChI is InChI=1S/C16H15BrFNO3/c1-9-4-5-12(11(18)6-9)19-16(20)10-7-13(21-2)15(17)14(8-10)22-3/h4-8H,1-3H3,(H,19,20). The molecule has 0 radical (unpaired) electrons. The molecule has 0 aromatic heterocycles. The van der Waals surface area contributed by atoms with Gasteiger partial charge in [-0.1, -0.05) is 6.07 Å². The molecular weight excluding hydrogens is 353 g/mol. The van der Waals surface area contributed by atoms with Gasteiger partial charge in [-0.05, 0) is 52.7 Å². The van der Waals surface area contributed by atoms with Crippen molar-refractivity contribution in [3.63, 3.8) is 0 Å². The molecule has 0 saturated heterocycles. The van der Waals surface area contributed by atoms with Crippen molar-refractivity contribution in [3.8, 4) is 11.5 Å². The number of carbonyl (C=O) groups excluding carboxylic acids is 1. The Bertz CT molecular complexity index is 694. The number of amides is 1. The van der Waals surface area contributed by atoms with Gasteiger partial charge in [-0.2, -0.15) is 0 Å². The van der Waals surface area contributed by atoms with Crippen molar-refractivity contribution in [2.75, 3.05) is 19.5 Å². The lowest BCUT2D eigenvalue weighted by atomic mass is 10.1. The third-order valence-corrected chi connectivity index (χ3v) is 3.86. The van der Waals surface area contributed by atoms with Crippen molar-refractivity contribution < 1.29 is 18.7 Å². The van der Waals surface area contributed by atoms with E-state index in [1.165, 1.54) is 26.4 Å². The summed E-state index contributed by atoms with van der Waals surface area (Å²) in [6, 6.07) is 7.71. The minimum atomic E-state index is -0.482. The highest BCUT2D eigenvalue weighted by Gasteiger charge is 2.16. The van der Waals surface area contributed by atoms with Gasteiger partial charge in [-0.25, -0.2) is 4.39 Å². The summed E-state index contributed by atoms with van der Waals surface area (Å²) < 4.78 is 24.8. The van der Waals surface area contributed by atoms with Crippen molar-refractivity contribution in [2.45, 2.75) is 6.92 Å². The molecule has 0 fully saturated rings. The van der Waals surface area contributed by atoms with Crippen LogP contribution in [0.15, 0.2) is 34.8 Å². The van der Waals surface area contributed by atoms with Crippen molar-refractivity contribution in [2.24, 2.45) is 0 Å². The smallest absolute Gasteiger partial charge is 0.256 e. The minimum absolute atomic E-state index is 0.122. The number of hydrogen-bond donors (Lipinski definition) is 1. The molecule has 0 heterocycles. The Hall–Kier alpha value is -2.08. The molecule has 2 rings (SSSR count). The first-order valence-electron chi connectivity index (χ1n) is 6.45. The van der Waals surface area contributed by atoms with E-state index in [2.05, 4.69) is 21.2 Å². The normalized spacial score (nSPS) is 10.2. The average Bonchev–Trinajstić information content (AvgIpc) is 2.50. The maximum atomic E-state index is 13.8. The van der Waals surface area contributed by atoms with Crippen molar-refractivity contribution in [1.29, 1.82) is 0 Å². The lowest BCUT2D eigenvalue weighted by Crippen LogP contribution is -2.13. The van der Waals surface area contributed by atoms with Crippen LogP contribution in [0.5, 0.6) is 11.5 Å². The minimum Gasteiger partial charge on any atom is -0.495 e. The molecule has 1 N–H and O–H groups in total. The molecule has 1 amide bonds. The summed E-state index contributed by atoms with van der Waals surface area (Å²) in [5.74, 6) is -0.0287. The van der Waals surface area contributed by atoms with E-state index in [0.717, 1.165) is 5.56 Å². The molecule has 0 aliphatic heterocycles. The Morgan fingerprint density at radius 2 is 1.73 bits per heavy atom. The lowest BCUT2D eigenvalue weighted by molar-refractivity contribution is 0.102. The molecule has 0 bridgehead atoms. The Kier molecular flexibility index (Phi) is 5.03. The predicted octanol–water partition coefficient (Wildman–Crippen LogP) is 4.17. The van der Waals surface area contributed by atoms with Gasteiger partial charge in [-0.3, -0.25) is 4.79 Å². The summed E-state index contributed by atoms with van der Waals surface area (Å²) >= 11 is 3.33. The van der Waals surface area contributed by atoms with Gasteiger partial charge in [-0.15, -0.1) is 0 Å². The van der Waals surface area contributed by atoms with Crippen LogP contribution in [0.3, 0.4) is 0 Å². The predicted molar refractivity (Wildman–Crippen MR) is 86.3 cm³/mol. The fourth-order valence-corrected chi connectivity index (χ4v) is 2.47. The van der Waals surface area contributed by atoms with Crippen LogP contribution in [-0.2, 0) is 0 Å². The van der Waals surface area contributed by atoms with Gasteiger partial charge in [0.1, 0.15) is 21.8 Å². The second-order valence-electron chi connectivity index (χ2n) is 4.63. The van der Waals surface area contributed by atoms with Crippen LogP contribution in [0.2, 0.25) is 0 Å². The summed E-state index contributed by atoms with van der Waals surface area (Å²) in [6.07, 6.45) is 0. The van der Waals surface area contributed by atoms with E-state index in [1.807, 2.05) is 0 Å². The topological polar surface area (TPSA) is 47.6 Å². The van der Waals surface area contributed by atoms with Crippen molar-refractivity contribution in [1.82, 2.24) is 0 Å². The maximum absolute atomic E-state index is 13.8.